The van der Waals surface area contributed by atoms with Gasteiger partial charge >= 0.3 is 0 Å². The molecule has 2 aliphatic rings. The van der Waals surface area contributed by atoms with E-state index >= 15 is 0 Å². The molecule has 1 atom stereocenters. The fraction of sp³-hybridized carbons (Fsp3) is 0.435. The van der Waals surface area contributed by atoms with Crippen LogP contribution in [0.1, 0.15) is 41.9 Å². The number of aryl methyl sites for hydroxylation is 2. The van der Waals surface area contributed by atoms with Crippen molar-refractivity contribution in [1.82, 2.24) is 19.7 Å². The molecule has 5 rings (SSSR count). The zero-order valence-electron chi connectivity index (χ0n) is 18.5. The first-order valence-corrected chi connectivity index (χ1v) is 12.1. The molecule has 10 heteroatoms. The summed E-state index contributed by atoms with van der Waals surface area (Å²) in [4.78, 5) is 32.5. The maximum Gasteiger partial charge on any atom is 0.269 e. The molecular weight excluding hydrogens is 440 g/mol. The summed E-state index contributed by atoms with van der Waals surface area (Å²) in [7, 11) is 2.03. The number of benzene rings is 1. The van der Waals surface area contributed by atoms with Crippen LogP contribution in [-0.4, -0.2) is 51.5 Å². The van der Waals surface area contributed by atoms with Gasteiger partial charge in [-0.15, -0.1) is 11.3 Å². The minimum absolute atomic E-state index is 0.0390. The summed E-state index contributed by atoms with van der Waals surface area (Å²) < 4.78 is 2.14. The molecule has 0 spiro atoms. The van der Waals surface area contributed by atoms with Crippen LogP contribution in [0.4, 0.5) is 5.69 Å². The number of hydrogen-bond acceptors (Lipinski definition) is 7. The number of rotatable bonds is 5. The second kappa shape index (κ2) is 9.03. The number of imidazole rings is 1. The van der Waals surface area contributed by atoms with E-state index in [1.807, 2.05) is 7.05 Å². The monoisotopic (exact) mass is 466 g/mol. The number of nitrogens with zero attached hydrogens (tertiary/aromatic N) is 5. The maximum absolute atomic E-state index is 12.6. The molecule has 0 saturated carbocycles. The van der Waals surface area contributed by atoms with E-state index in [4.69, 9.17) is 4.98 Å². The van der Waals surface area contributed by atoms with Crippen LogP contribution in [0.15, 0.2) is 29.4 Å². The Bertz CT molecular complexity index is 1230. The Labute approximate surface area is 195 Å². The molecule has 0 bridgehead atoms. The molecule has 0 radical (unpaired) electrons. The Hall–Kier alpha value is -3.11. The first kappa shape index (κ1) is 21.7. The number of piperidine rings is 1. The van der Waals surface area contributed by atoms with Gasteiger partial charge in [0.25, 0.3) is 5.69 Å². The van der Waals surface area contributed by atoms with Crippen molar-refractivity contribution in [1.29, 1.82) is 0 Å². The Morgan fingerprint density at radius 2 is 2.06 bits per heavy atom. The van der Waals surface area contributed by atoms with Crippen molar-refractivity contribution < 1.29 is 9.72 Å². The molecule has 1 saturated heterocycles. The average molecular weight is 467 g/mol. The van der Waals surface area contributed by atoms with Crippen molar-refractivity contribution >= 4 is 34.1 Å². The normalized spacial score (nSPS) is 19.1. The molecule has 1 aromatic carbocycles. The SMILES string of the molecule is CN1CCCC(C(=O)NN=Cc2c(-c3ccc([N+](=O)[O-])cc3)nc3sc4c(n23)CCCC4)C1. The van der Waals surface area contributed by atoms with E-state index in [0.29, 0.717) is 5.69 Å². The highest BCUT2D eigenvalue weighted by Crippen LogP contribution is 2.34. The maximum atomic E-state index is 12.6. The summed E-state index contributed by atoms with van der Waals surface area (Å²) in [5.74, 6) is -0.128. The molecule has 1 aliphatic carbocycles. The third-order valence-corrected chi connectivity index (χ3v) is 7.61. The summed E-state index contributed by atoms with van der Waals surface area (Å²) in [5.41, 5.74) is 6.30. The van der Waals surface area contributed by atoms with E-state index in [1.54, 1.807) is 29.7 Å². The van der Waals surface area contributed by atoms with E-state index in [9.17, 15) is 14.9 Å². The van der Waals surface area contributed by atoms with Gasteiger partial charge in [0.1, 0.15) is 0 Å². The van der Waals surface area contributed by atoms with Crippen LogP contribution in [0, 0.1) is 16.0 Å². The summed E-state index contributed by atoms with van der Waals surface area (Å²) in [6, 6.07) is 6.40. The van der Waals surface area contributed by atoms with Crippen molar-refractivity contribution in [2.75, 3.05) is 20.1 Å². The molecule has 3 aromatic rings. The van der Waals surface area contributed by atoms with Crippen LogP contribution in [0.25, 0.3) is 16.2 Å². The minimum Gasteiger partial charge on any atom is -0.306 e. The smallest absolute Gasteiger partial charge is 0.269 e. The Morgan fingerprint density at radius 3 is 2.82 bits per heavy atom. The second-order valence-corrected chi connectivity index (χ2v) is 9.84. The summed E-state index contributed by atoms with van der Waals surface area (Å²) >= 11 is 1.69. The van der Waals surface area contributed by atoms with Crippen molar-refractivity contribution in [3.8, 4) is 11.3 Å². The van der Waals surface area contributed by atoms with Crippen molar-refractivity contribution in [3.05, 3.63) is 50.6 Å². The lowest BCUT2D eigenvalue weighted by Crippen LogP contribution is -2.40. The van der Waals surface area contributed by atoms with Gasteiger partial charge in [0, 0.05) is 34.8 Å². The number of hydrazone groups is 1. The van der Waals surface area contributed by atoms with E-state index in [2.05, 4.69) is 19.8 Å². The molecule has 1 fully saturated rings. The third-order valence-electron chi connectivity index (χ3n) is 6.46. The van der Waals surface area contributed by atoms with Gasteiger partial charge in [0.15, 0.2) is 4.96 Å². The fourth-order valence-electron chi connectivity index (χ4n) is 4.76. The van der Waals surface area contributed by atoms with Gasteiger partial charge in [-0.1, -0.05) is 0 Å². The lowest BCUT2D eigenvalue weighted by molar-refractivity contribution is -0.384. The molecular formula is C23H26N6O3S. The second-order valence-electron chi connectivity index (χ2n) is 8.78. The molecule has 1 aliphatic heterocycles. The lowest BCUT2D eigenvalue weighted by atomic mass is 9.98. The highest BCUT2D eigenvalue weighted by Gasteiger charge is 2.25. The number of non-ortho nitro benzene ring substituents is 1. The van der Waals surface area contributed by atoms with Crippen LogP contribution < -0.4 is 5.43 Å². The number of carbonyl (C=O) groups is 1. The predicted molar refractivity (Wildman–Crippen MR) is 128 cm³/mol. The van der Waals surface area contributed by atoms with Gasteiger partial charge < -0.3 is 4.90 Å². The number of amides is 1. The summed E-state index contributed by atoms with van der Waals surface area (Å²) in [6.45, 7) is 1.76. The van der Waals surface area contributed by atoms with Gasteiger partial charge in [-0.2, -0.15) is 5.10 Å². The van der Waals surface area contributed by atoms with Gasteiger partial charge in [-0.25, -0.2) is 10.4 Å². The number of likely N-dealkylation sites (tertiary alicyclic amines) is 1. The number of thiazole rings is 1. The zero-order valence-corrected chi connectivity index (χ0v) is 19.3. The highest BCUT2D eigenvalue weighted by molar-refractivity contribution is 7.17. The number of aromatic nitrogens is 2. The quantitative estimate of drug-likeness (QED) is 0.351. The Morgan fingerprint density at radius 1 is 1.27 bits per heavy atom. The van der Waals surface area contributed by atoms with E-state index < -0.39 is 4.92 Å². The Balaban J connectivity index is 1.49. The third kappa shape index (κ3) is 4.28. The molecule has 33 heavy (non-hydrogen) atoms. The Kier molecular flexibility index (Phi) is 5.94. The first-order chi connectivity index (χ1) is 16.0. The standard InChI is InChI=1S/C23H26N6O3S/c1-27-12-4-5-16(14-27)22(30)26-24-13-19-21(15-8-10-17(11-9-15)29(31)32)25-23-28(19)18-6-2-3-7-20(18)33-23/h8-11,13,16H,2-7,12,14H2,1H3,(H,26,30). The number of nitrogens with one attached hydrogen (secondary N) is 1. The number of carbonyl (C=O) groups excluding carboxylic acids is 1. The van der Waals surface area contributed by atoms with Crippen LogP contribution >= 0.6 is 11.3 Å². The van der Waals surface area contributed by atoms with Crippen molar-refractivity contribution in [2.24, 2.45) is 11.0 Å². The zero-order chi connectivity index (χ0) is 22.9. The average Bonchev–Trinajstić information content (AvgIpc) is 3.35. The van der Waals surface area contributed by atoms with Crippen molar-refractivity contribution in [2.45, 2.75) is 38.5 Å². The summed E-state index contributed by atoms with van der Waals surface area (Å²) in [6.07, 6.45) is 7.89. The van der Waals surface area contributed by atoms with E-state index in [1.165, 1.54) is 29.1 Å². The van der Waals surface area contributed by atoms with Crippen LogP contribution in [-0.2, 0) is 17.6 Å². The van der Waals surface area contributed by atoms with Gasteiger partial charge in [-0.3, -0.25) is 19.3 Å². The van der Waals surface area contributed by atoms with Crippen LogP contribution in [0.3, 0.4) is 0 Å². The summed E-state index contributed by atoms with van der Waals surface area (Å²) in [5, 5.41) is 15.4. The van der Waals surface area contributed by atoms with Gasteiger partial charge in [-0.05, 0) is 64.3 Å². The molecule has 3 heterocycles. The van der Waals surface area contributed by atoms with E-state index in [-0.39, 0.29) is 17.5 Å². The largest absolute Gasteiger partial charge is 0.306 e. The van der Waals surface area contributed by atoms with Crippen molar-refractivity contribution in [3.63, 3.8) is 0 Å². The molecule has 1 N–H and O–H groups in total. The van der Waals surface area contributed by atoms with Gasteiger partial charge in [0.2, 0.25) is 5.91 Å². The number of nitro benzene ring substituents is 1. The number of fused-ring (bicyclic) bond motifs is 3. The van der Waals surface area contributed by atoms with Crippen LogP contribution in [0.5, 0.6) is 0 Å². The fourth-order valence-corrected chi connectivity index (χ4v) is 5.98. The first-order valence-electron chi connectivity index (χ1n) is 11.3. The van der Waals surface area contributed by atoms with Gasteiger partial charge in [0.05, 0.1) is 28.4 Å². The molecule has 1 unspecified atom stereocenters. The highest BCUT2D eigenvalue weighted by atomic mass is 32.1. The van der Waals surface area contributed by atoms with Crippen LogP contribution in [0.2, 0.25) is 0 Å². The topological polar surface area (TPSA) is 105 Å². The number of nitro groups is 1. The minimum atomic E-state index is -0.410. The lowest BCUT2D eigenvalue weighted by Gasteiger charge is -2.28. The molecule has 172 valence electrons. The number of hydrogen-bond donors (Lipinski definition) is 1. The molecule has 2 aromatic heterocycles. The molecule has 1 amide bonds. The van der Waals surface area contributed by atoms with E-state index in [0.717, 1.165) is 61.4 Å². The molecule has 9 nitrogen and oxygen atoms in total. The predicted octanol–water partition coefficient (Wildman–Crippen LogP) is 3.64.